The topological polar surface area (TPSA) is 158 Å². The van der Waals surface area contributed by atoms with Gasteiger partial charge in [-0.25, -0.2) is 9.36 Å². The van der Waals surface area contributed by atoms with Crippen molar-refractivity contribution in [3.05, 3.63) is 63.4 Å². The van der Waals surface area contributed by atoms with Crippen LogP contribution < -0.4 is 20.9 Å². The monoisotopic (exact) mass is 557 g/mol. The maximum atomic E-state index is 13.8. The summed E-state index contributed by atoms with van der Waals surface area (Å²) in [6.07, 6.45) is -2.97. The molecule has 3 rings (SSSR count). The highest BCUT2D eigenvalue weighted by Gasteiger charge is 2.54. The van der Waals surface area contributed by atoms with Crippen molar-refractivity contribution >= 4 is 33.2 Å². The quantitative estimate of drug-likeness (QED) is 0.166. The van der Waals surface area contributed by atoms with Crippen LogP contribution in [-0.4, -0.2) is 63.7 Å². The Morgan fingerprint density at radius 1 is 1.32 bits per heavy atom. The van der Waals surface area contributed by atoms with E-state index in [1.807, 2.05) is 0 Å². The van der Waals surface area contributed by atoms with Crippen LogP contribution in [0.4, 0.5) is 0 Å². The summed E-state index contributed by atoms with van der Waals surface area (Å²) in [5.74, 6) is -0.495. The molecule has 0 bridgehead atoms. The SMILES string of the molecule is B[C@]1(Cl)[C@H](O)[C@@H](CO[P@@](=O)(NC(C)(C)C(=O)OC(C)C)Oc2ccccc2)O[C@H]1n1ccc(=O)[nH]c1=O. The molecule has 12 nitrogen and oxygen atoms in total. The third-order valence-corrected chi connectivity index (χ3v) is 7.65. The van der Waals surface area contributed by atoms with Crippen LogP contribution in [0.1, 0.15) is 33.9 Å². The van der Waals surface area contributed by atoms with Crippen molar-refractivity contribution < 1.29 is 33.0 Å². The molecule has 2 heterocycles. The van der Waals surface area contributed by atoms with Crippen LogP contribution in [0, 0.1) is 0 Å². The fraction of sp³-hybridized carbons (Fsp3) is 0.500. The maximum absolute atomic E-state index is 13.8. The number of alkyl halides is 1. The van der Waals surface area contributed by atoms with E-state index in [2.05, 4.69) is 10.1 Å². The Balaban J connectivity index is 1.84. The van der Waals surface area contributed by atoms with Crippen molar-refractivity contribution in [1.82, 2.24) is 14.6 Å². The van der Waals surface area contributed by atoms with Crippen molar-refractivity contribution in [2.75, 3.05) is 6.61 Å². The Bertz CT molecular complexity index is 1270. The maximum Gasteiger partial charge on any atom is 0.459 e. The number of aromatic nitrogens is 2. The smallest absolute Gasteiger partial charge is 0.459 e. The van der Waals surface area contributed by atoms with E-state index in [9.17, 15) is 24.1 Å². The number of halogens is 1. The number of carbonyl (C=O) groups is 1. The largest absolute Gasteiger partial charge is 0.462 e. The predicted molar refractivity (Wildman–Crippen MR) is 137 cm³/mol. The van der Waals surface area contributed by atoms with Gasteiger partial charge in [0, 0.05) is 12.3 Å². The highest BCUT2D eigenvalue weighted by Crippen LogP contribution is 2.48. The number of nitrogens with zero attached hydrogens (tertiary/aromatic N) is 1. The normalized spacial score (nSPS) is 25.5. The number of aliphatic hydroxyl groups is 1. The number of aromatic amines is 1. The van der Waals surface area contributed by atoms with Crippen LogP contribution in [0.3, 0.4) is 0 Å². The lowest BCUT2D eigenvalue weighted by molar-refractivity contribution is -0.153. The molecule has 0 aliphatic carbocycles. The molecule has 1 aromatic carbocycles. The number of rotatable bonds is 10. The molecular weight excluding hydrogens is 527 g/mol. The Labute approximate surface area is 219 Å². The molecule has 0 amide bonds. The molecular formula is C22H30BClN3O9P. The van der Waals surface area contributed by atoms with Crippen LogP contribution in [0.25, 0.3) is 0 Å². The van der Waals surface area contributed by atoms with Crippen molar-refractivity contribution in [1.29, 1.82) is 0 Å². The fourth-order valence-electron chi connectivity index (χ4n) is 3.59. The molecule has 202 valence electrons. The van der Waals surface area contributed by atoms with Crippen LogP contribution in [0.2, 0.25) is 0 Å². The molecule has 1 fully saturated rings. The number of carbonyl (C=O) groups excluding carboxylic acids is 1. The summed E-state index contributed by atoms with van der Waals surface area (Å²) in [6.45, 7) is 5.77. The summed E-state index contributed by atoms with van der Waals surface area (Å²) in [5, 5.41) is 13.5. The standard InChI is InChI=1S/C22H30BClN3O9P/c1-13(2)34-19(30)21(3,4)26-37(32,36-14-8-6-5-7-9-14)33-12-15-17(29)22(23,24)18(35-15)27-11-10-16(28)25-20(27)31/h5-11,13,15,17-18,29H,12,23H2,1-4H3,(H,26,32)(H,25,28,31)/t15-,17-,18-,22+,37+/m1/s1. The third kappa shape index (κ3) is 6.92. The summed E-state index contributed by atoms with van der Waals surface area (Å²) in [4.78, 5) is 38.4. The number of hydrogen-bond acceptors (Lipinski definition) is 9. The van der Waals surface area contributed by atoms with E-state index in [0.29, 0.717) is 0 Å². The Hall–Kier alpha value is -2.41. The summed E-state index contributed by atoms with van der Waals surface area (Å²) in [7, 11) is -2.84. The van der Waals surface area contributed by atoms with Crippen LogP contribution in [0.5, 0.6) is 5.75 Å². The average Bonchev–Trinajstić information content (AvgIpc) is 3.01. The van der Waals surface area contributed by atoms with Crippen LogP contribution >= 0.6 is 19.3 Å². The number of hydrogen-bond donors (Lipinski definition) is 3. The summed E-state index contributed by atoms with van der Waals surface area (Å²) in [6, 6.07) is 9.26. The molecule has 3 N–H and O–H groups in total. The number of nitrogens with one attached hydrogen (secondary N) is 2. The molecule has 0 radical (unpaired) electrons. The zero-order chi connectivity index (χ0) is 27.6. The number of esters is 1. The van der Waals surface area contributed by atoms with Gasteiger partial charge in [-0.2, -0.15) is 5.09 Å². The number of para-hydroxylation sites is 1. The minimum absolute atomic E-state index is 0.194. The second-order valence-electron chi connectivity index (χ2n) is 9.53. The molecule has 0 saturated carbocycles. The van der Waals surface area contributed by atoms with Gasteiger partial charge in [-0.3, -0.25) is 23.7 Å². The van der Waals surface area contributed by atoms with Gasteiger partial charge in [0.05, 0.1) is 23.6 Å². The summed E-state index contributed by atoms with van der Waals surface area (Å²) < 4.78 is 35.7. The molecule has 1 aliphatic heterocycles. The molecule has 37 heavy (non-hydrogen) atoms. The second-order valence-corrected chi connectivity index (χ2v) is 12.0. The average molecular weight is 558 g/mol. The highest BCUT2D eigenvalue weighted by atomic mass is 35.5. The summed E-state index contributed by atoms with van der Waals surface area (Å²) in [5.41, 5.74) is -2.89. The van der Waals surface area contributed by atoms with E-state index < -0.39 is 66.4 Å². The number of ether oxygens (including phenoxy) is 2. The molecule has 2 aromatic rings. The first-order valence-corrected chi connectivity index (χ1v) is 13.4. The van der Waals surface area contributed by atoms with Crippen molar-refractivity contribution in [3.63, 3.8) is 0 Å². The molecule has 0 spiro atoms. The van der Waals surface area contributed by atoms with E-state index in [1.165, 1.54) is 27.9 Å². The van der Waals surface area contributed by atoms with Crippen LogP contribution in [-0.2, 0) is 23.4 Å². The molecule has 1 aliphatic rings. The van der Waals surface area contributed by atoms with Gasteiger partial charge >= 0.3 is 19.4 Å². The van der Waals surface area contributed by atoms with Gasteiger partial charge in [-0.1, -0.05) is 18.2 Å². The zero-order valence-corrected chi connectivity index (χ0v) is 22.7. The lowest BCUT2D eigenvalue weighted by Crippen LogP contribution is -2.48. The predicted octanol–water partition coefficient (Wildman–Crippen LogP) is 0.887. The second kappa shape index (κ2) is 11.1. The van der Waals surface area contributed by atoms with Crippen molar-refractivity contribution in [2.45, 2.75) is 62.5 Å². The van der Waals surface area contributed by atoms with Gasteiger partial charge in [0.1, 0.15) is 25.2 Å². The van der Waals surface area contributed by atoms with E-state index in [1.54, 1.807) is 44.2 Å². The molecule has 0 unspecified atom stereocenters. The van der Waals surface area contributed by atoms with Gasteiger partial charge in [0.25, 0.3) is 5.56 Å². The van der Waals surface area contributed by atoms with Gasteiger partial charge < -0.3 is 19.1 Å². The lowest BCUT2D eigenvalue weighted by atomic mass is 9.79. The molecule has 1 saturated heterocycles. The van der Waals surface area contributed by atoms with E-state index >= 15 is 0 Å². The third-order valence-electron chi connectivity index (χ3n) is 5.47. The Kier molecular flexibility index (Phi) is 8.78. The minimum atomic E-state index is -4.29. The highest BCUT2D eigenvalue weighted by molar-refractivity contribution is 7.52. The Morgan fingerprint density at radius 2 is 1.97 bits per heavy atom. The molecule has 5 atom stereocenters. The van der Waals surface area contributed by atoms with Gasteiger partial charge in [0.2, 0.25) is 0 Å². The molecule has 15 heteroatoms. The van der Waals surface area contributed by atoms with E-state index in [0.717, 1.165) is 10.6 Å². The minimum Gasteiger partial charge on any atom is -0.462 e. The first-order chi connectivity index (χ1) is 17.1. The van der Waals surface area contributed by atoms with Crippen molar-refractivity contribution in [3.8, 4) is 5.75 Å². The molecule has 1 aromatic heterocycles. The number of benzene rings is 1. The number of H-pyrrole nitrogens is 1. The first kappa shape index (κ1) is 29.2. The lowest BCUT2D eigenvalue weighted by Gasteiger charge is -2.30. The van der Waals surface area contributed by atoms with Crippen LogP contribution in [0.15, 0.2) is 52.2 Å². The summed E-state index contributed by atoms with van der Waals surface area (Å²) >= 11 is 6.54. The Morgan fingerprint density at radius 3 is 2.57 bits per heavy atom. The zero-order valence-electron chi connectivity index (χ0n) is 21.0. The van der Waals surface area contributed by atoms with E-state index in [-0.39, 0.29) is 5.75 Å². The van der Waals surface area contributed by atoms with Gasteiger partial charge in [0.15, 0.2) is 6.23 Å². The van der Waals surface area contributed by atoms with E-state index in [4.69, 9.17) is 30.1 Å². The fourth-order valence-corrected chi connectivity index (χ4v) is 5.56. The first-order valence-electron chi connectivity index (χ1n) is 11.5. The van der Waals surface area contributed by atoms with Gasteiger partial charge in [-0.05, 0) is 39.8 Å². The van der Waals surface area contributed by atoms with Gasteiger partial charge in [-0.15, -0.1) is 11.6 Å². The van der Waals surface area contributed by atoms with Crippen molar-refractivity contribution in [2.24, 2.45) is 0 Å². The number of aliphatic hydroxyl groups excluding tert-OH is 1.